The first kappa shape index (κ1) is 21.4. The van der Waals surface area contributed by atoms with Crippen molar-refractivity contribution >= 4 is 11.6 Å². The van der Waals surface area contributed by atoms with Gasteiger partial charge in [-0.15, -0.1) is 0 Å². The molecule has 0 unspecified atom stereocenters. The molecule has 1 aromatic carbocycles. The van der Waals surface area contributed by atoms with Gasteiger partial charge in [-0.1, -0.05) is 50.9 Å². The van der Waals surface area contributed by atoms with Crippen molar-refractivity contribution in [1.29, 1.82) is 0 Å². The Morgan fingerprint density at radius 3 is 2.09 bits per heavy atom. The summed E-state index contributed by atoms with van der Waals surface area (Å²) in [7, 11) is 3.90. The lowest BCUT2D eigenvalue weighted by Gasteiger charge is -2.28. The minimum atomic E-state index is 0.213. The van der Waals surface area contributed by atoms with Crippen LogP contribution in [-0.2, 0) is 10.2 Å². The molecule has 0 spiro atoms. The van der Waals surface area contributed by atoms with Gasteiger partial charge in [0.1, 0.15) is 0 Å². The SMILES string of the molecule is CCCCN(C)CCC(C)(C)c1ccc(Cl)cc1.CCOC. The highest BCUT2D eigenvalue weighted by Crippen LogP contribution is 2.28. The van der Waals surface area contributed by atoms with Crippen molar-refractivity contribution in [3.8, 4) is 0 Å². The molecule has 0 N–H and O–H groups in total. The molecule has 0 saturated carbocycles. The second kappa shape index (κ2) is 11.9. The maximum absolute atomic E-state index is 5.94. The average molecular weight is 328 g/mol. The molecule has 0 heterocycles. The average Bonchev–Trinajstić information content (AvgIpc) is 2.51. The Bertz CT molecular complexity index is 374. The lowest BCUT2D eigenvalue weighted by Crippen LogP contribution is -2.28. The number of benzene rings is 1. The van der Waals surface area contributed by atoms with E-state index in [1.165, 1.54) is 31.4 Å². The molecular formula is C19H34ClNO. The number of nitrogens with zero attached hydrogens (tertiary/aromatic N) is 1. The molecule has 1 rings (SSSR count). The smallest absolute Gasteiger partial charge is 0.0433 e. The van der Waals surface area contributed by atoms with Gasteiger partial charge in [-0.2, -0.15) is 0 Å². The zero-order valence-corrected chi connectivity index (χ0v) is 16.0. The third kappa shape index (κ3) is 9.45. The van der Waals surface area contributed by atoms with Crippen LogP contribution in [0, 0.1) is 0 Å². The van der Waals surface area contributed by atoms with E-state index in [1.54, 1.807) is 7.11 Å². The van der Waals surface area contributed by atoms with Crippen LogP contribution in [0.2, 0.25) is 5.02 Å². The maximum Gasteiger partial charge on any atom is 0.0433 e. The molecule has 22 heavy (non-hydrogen) atoms. The number of unbranched alkanes of at least 4 members (excludes halogenated alkanes) is 1. The summed E-state index contributed by atoms with van der Waals surface area (Å²) in [5.41, 5.74) is 1.58. The Morgan fingerprint density at radius 2 is 1.64 bits per heavy atom. The number of ether oxygens (including phenoxy) is 1. The van der Waals surface area contributed by atoms with Gasteiger partial charge in [-0.05, 0) is 63.0 Å². The third-order valence-electron chi connectivity index (χ3n) is 3.93. The summed E-state index contributed by atoms with van der Waals surface area (Å²) < 4.78 is 4.54. The summed E-state index contributed by atoms with van der Waals surface area (Å²) >= 11 is 5.94. The summed E-state index contributed by atoms with van der Waals surface area (Å²) in [5.74, 6) is 0. The van der Waals surface area contributed by atoms with Gasteiger partial charge in [0.05, 0.1) is 0 Å². The van der Waals surface area contributed by atoms with Gasteiger partial charge in [0.2, 0.25) is 0 Å². The molecule has 0 amide bonds. The number of hydrogen-bond acceptors (Lipinski definition) is 2. The highest BCUT2D eigenvalue weighted by Gasteiger charge is 2.20. The minimum absolute atomic E-state index is 0.213. The quantitative estimate of drug-likeness (QED) is 0.634. The first-order chi connectivity index (χ1) is 10.4. The maximum atomic E-state index is 5.94. The summed E-state index contributed by atoms with van der Waals surface area (Å²) in [6.07, 6.45) is 3.73. The fourth-order valence-corrected chi connectivity index (χ4v) is 2.18. The Hall–Kier alpha value is -0.570. The number of halogens is 1. The van der Waals surface area contributed by atoms with Crippen molar-refractivity contribution in [3.63, 3.8) is 0 Å². The zero-order valence-electron chi connectivity index (χ0n) is 15.3. The molecule has 2 nitrogen and oxygen atoms in total. The standard InChI is InChI=1S/C16H26ClN.C3H8O/c1-5-6-12-18(4)13-11-16(2,3)14-7-9-15(17)10-8-14;1-3-4-2/h7-10H,5-6,11-13H2,1-4H3;3H2,1-2H3. The molecule has 0 radical (unpaired) electrons. The van der Waals surface area contributed by atoms with Gasteiger partial charge in [0.15, 0.2) is 0 Å². The van der Waals surface area contributed by atoms with Gasteiger partial charge in [0.25, 0.3) is 0 Å². The lowest BCUT2D eigenvalue weighted by molar-refractivity contribution is 0.215. The predicted octanol–water partition coefficient (Wildman–Crippen LogP) is 5.39. The van der Waals surface area contributed by atoms with Gasteiger partial charge in [-0.25, -0.2) is 0 Å². The summed E-state index contributed by atoms with van der Waals surface area (Å²) in [5, 5.41) is 0.814. The molecule has 0 atom stereocenters. The largest absolute Gasteiger partial charge is 0.385 e. The third-order valence-corrected chi connectivity index (χ3v) is 4.18. The van der Waals surface area contributed by atoms with Gasteiger partial charge >= 0.3 is 0 Å². The van der Waals surface area contributed by atoms with Crippen molar-refractivity contribution in [2.24, 2.45) is 0 Å². The van der Waals surface area contributed by atoms with Gasteiger partial charge < -0.3 is 9.64 Å². The van der Waals surface area contributed by atoms with Gasteiger partial charge in [0, 0.05) is 18.7 Å². The second-order valence-corrected chi connectivity index (χ2v) is 6.81. The van der Waals surface area contributed by atoms with E-state index >= 15 is 0 Å². The lowest BCUT2D eigenvalue weighted by atomic mass is 9.81. The van der Waals surface area contributed by atoms with Crippen molar-refractivity contribution in [2.75, 3.05) is 33.9 Å². The fourth-order valence-electron chi connectivity index (χ4n) is 2.06. The summed E-state index contributed by atoms with van der Waals surface area (Å²) in [6, 6.07) is 8.27. The fraction of sp³-hybridized carbons (Fsp3) is 0.684. The van der Waals surface area contributed by atoms with Crippen LogP contribution in [0.4, 0.5) is 0 Å². The van der Waals surface area contributed by atoms with Gasteiger partial charge in [-0.3, -0.25) is 0 Å². The Kier molecular flexibility index (Phi) is 11.6. The minimum Gasteiger partial charge on any atom is -0.385 e. The summed E-state index contributed by atoms with van der Waals surface area (Å²) in [4.78, 5) is 2.43. The van der Waals surface area contributed by atoms with Crippen molar-refractivity contribution in [2.45, 2.75) is 52.4 Å². The highest BCUT2D eigenvalue weighted by molar-refractivity contribution is 6.30. The van der Waals surface area contributed by atoms with E-state index in [2.05, 4.69) is 49.6 Å². The van der Waals surface area contributed by atoms with E-state index < -0.39 is 0 Å². The predicted molar refractivity (Wildman–Crippen MR) is 99.1 cm³/mol. The molecule has 0 saturated heterocycles. The number of methoxy groups -OCH3 is 1. The van der Waals surface area contributed by atoms with Crippen LogP contribution in [-0.4, -0.2) is 38.8 Å². The van der Waals surface area contributed by atoms with Crippen LogP contribution in [0.1, 0.15) is 52.5 Å². The molecule has 3 heteroatoms. The normalized spacial score (nSPS) is 11.3. The zero-order chi connectivity index (χ0) is 17.0. The van der Waals surface area contributed by atoms with E-state index in [4.69, 9.17) is 11.6 Å². The van der Waals surface area contributed by atoms with Crippen molar-refractivity contribution < 1.29 is 4.74 Å². The van der Waals surface area contributed by atoms with Crippen LogP contribution >= 0.6 is 11.6 Å². The molecular weight excluding hydrogens is 294 g/mol. The molecule has 0 aliphatic rings. The van der Waals surface area contributed by atoms with Crippen LogP contribution in [0.5, 0.6) is 0 Å². The monoisotopic (exact) mass is 327 g/mol. The Labute approximate surface area is 142 Å². The molecule has 0 aliphatic carbocycles. The van der Waals surface area contributed by atoms with E-state index in [0.717, 1.165) is 18.2 Å². The Balaban J connectivity index is 0.000000980. The molecule has 0 aromatic heterocycles. The second-order valence-electron chi connectivity index (χ2n) is 6.37. The number of rotatable bonds is 8. The highest BCUT2D eigenvalue weighted by atomic mass is 35.5. The number of hydrogen-bond donors (Lipinski definition) is 0. The van der Waals surface area contributed by atoms with E-state index in [9.17, 15) is 0 Å². The molecule has 128 valence electrons. The summed E-state index contributed by atoms with van der Waals surface area (Å²) in [6.45, 7) is 12.0. The first-order valence-corrected chi connectivity index (χ1v) is 8.68. The first-order valence-electron chi connectivity index (χ1n) is 8.30. The van der Waals surface area contributed by atoms with E-state index in [-0.39, 0.29) is 5.41 Å². The van der Waals surface area contributed by atoms with Crippen molar-refractivity contribution in [3.05, 3.63) is 34.9 Å². The molecule has 0 aliphatic heterocycles. The Morgan fingerprint density at radius 1 is 1.09 bits per heavy atom. The topological polar surface area (TPSA) is 12.5 Å². The molecule has 1 aromatic rings. The van der Waals surface area contributed by atoms with Crippen LogP contribution in [0.15, 0.2) is 24.3 Å². The van der Waals surface area contributed by atoms with Crippen LogP contribution in [0.3, 0.4) is 0 Å². The van der Waals surface area contributed by atoms with E-state index in [0.29, 0.717) is 0 Å². The van der Waals surface area contributed by atoms with E-state index in [1.807, 2.05) is 19.1 Å². The molecule has 0 fully saturated rings. The van der Waals surface area contributed by atoms with Crippen LogP contribution in [0.25, 0.3) is 0 Å². The molecule has 0 bridgehead atoms. The van der Waals surface area contributed by atoms with Crippen LogP contribution < -0.4 is 0 Å². The van der Waals surface area contributed by atoms with Crippen molar-refractivity contribution in [1.82, 2.24) is 4.90 Å².